The van der Waals surface area contributed by atoms with E-state index < -0.39 is 0 Å². The minimum Gasteiger partial charge on any atom is -0.497 e. The molecule has 0 radical (unpaired) electrons. The van der Waals surface area contributed by atoms with Gasteiger partial charge in [0.15, 0.2) is 0 Å². The summed E-state index contributed by atoms with van der Waals surface area (Å²) in [5.41, 5.74) is 4.30. The van der Waals surface area contributed by atoms with Crippen LogP contribution in [0.4, 0.5) is 5.69 Å². The Balaban J connectivity index is 1.71. The molecule has 4 rings (SSSR count). The summed E-state index contributed by atoms with van der Waals surface area (Å²) < 4.78 is 8.36. The molecule has 0 atom stereocenters. The second kappa shape index (κ2) is 8.36. The fourth-order valence-electron chi connectivity index (χ4n) is 3.55. The van der Waals surface area contributed by atoms with Gasteiger partial charge in [0.1, 0.15) is 5.75 Å². The minimum atomic E-state index is -0.234. The van der Waals surface area contributed by atoms with Crippen molar-refractivity contribution in [3.8, 4) is 5.75 Å². The molecule has 1 aromatic heterocycles. The molecule has 3 aromatic carbocycles. The van der Waals surface area contributed by atoms with E-state index in [1.165, 1.54) is 0 Å². The van der Waals surface area contributed by atoms with E-state index in [-0.39, 0.29) is 11.6 Å². The van der Waals surface area contributed by atoms with Gasteiger partial charge in [-0.3, -0.25) is 13.9 Å². The normalized spacial score (nSPS) is 11.5. The van der Waals surface area contributed by atoms with Gasteiger partial charge >= 0.3 is 5.69 Å². The number of rotatable bonds is 5. The second-order valence-corrected chi connectivity index (χ2v) is 7.26. The largest absolute Gasteiger partial charge is 0.497 e. The smallest absolute Gasteiger partial charge is 0.328 e. The zero-order valence-electron chi connectivity index (χ0n) is 17.6. The van der Waals surface area contributed by atoms with Gasteiger partial charge in [-0.25, -0.2) is 4.79 Å². The van der Waals surface area contributed by atoms with Crippen LogP contribution in [0.5, 0.6) is 5.75 Å². The Kier molecular flexibility index (Phi) is 5.45. The average Bonchev–Trinajstić information content (AvgIpc) is 3.02. The molecule has 0 bridgehead atoms. The molecule has 0 fully saturated rings. The summed E-state index contributed by atoms with van der Waals surface area (Å²) in [6.45, 7) is 0. The van der Waals surface area contributed by atoms with Gasteiger partial charge in [-0.05, 0) is 47.5 Å². The van der Waals surface area contributed by atoms with Crippen LogP contribution in [-0.2, 0) is 18.9 Å². The van der Waals surface area contributed by atoms with Crippen LogP contribution in [0.2, 0.25) is 0 Å². The molecule has 0 aliphatic heterocycles. The number of anilines is 1. The van der Waals surface area contributed by atoms with Crippen molar-refractivity contribution in [2.24, 2.45) is 14.1 Å². The molecule has 31 heavy (non-hydrogen) atoms. The maximum absolute atomic E-state index is 13.3. The number of carbonyl (C=O) groups is 1. The number of hydrogen-bond acceptors (Lipinski definition) is 3. The lowest BCUT2D eigenvalue weighted by molar-refractivity contribution is -0.111. The molecule has 0 aliphatic rings. The van der Waals surface area contributed by atoms with E-state index in [4.69, 9.17) is 4.74 Å². The number of aryl methyl sites for hydroxylation is 2. The average molecular weight is 413 g/mol. The van der Waals surface area contributed by atoms with Crippen LogP contribution in [0.25, 0.3) is 22.7 Å². The SMILES string of the molecule is COc1ccc(/C=C(/C(=O)Nc2ccc3c(c2)n(C)c(=O)n3C)c2ccccc2)cc1. The predicted molar refractivity (Wildman–Crippen MR) is 124 cm³/mol. The lowest BCUT2D eigenvalue weighted by atomic mass is 10.0. The van der Waals surface area contributed by atoms with Gasteiger partial charge in [-0.15, -0.1) is 0 Å². The van der Waals surface area contributed by atoms with Crippen LogP contribution in [0, 0.1) is 0 Å². The van der Waals surface area contributed by atoms with Crippen LogP contribution in [-0.4, -0.2) is 22.2 Å². The van der Waals surface area contributed by atoms with Crippen molar-refractivity contribution >= 4 is 34.3 Å². The first-order chi connectivity index (χ1) is 15.0. The zero-order valence-corrected chi connectivity index (χ0v) is 17.6. The van der Waals surface area contributed by atoms with Crippen LogP contribution >= 0.6 is 0 Å². The van der Waals surface area contributed by atoms with Gasteiger partial charge in [-0.1, -0.05) is 42.5 Å². The number of imidazole rings is 1. The molecule has 6 nitrogen and oxygen atoms in total. The molecule has 0 unspecified atom stereocenters. The van der Waals surface area contributed by atoms with Crippen LogP contribution < -0.4 is 15.7 Å². The van der Waals surface area contributed by atoms with E-state index in [9.17, 15) is 9.59 Å². The van der Waals surface area contributed by atoms with Crippen LogP contribution in [0.15, 0.2) is 77.6 Å². The lowest BCUT2D eigenvalue weighted by Gasteiger charge is -2.11. The Morgan fingerprint density at radius 3 is 2.26 bits per heavy atom. The van der Waals surface area contributed by atoms with Gasteiger partial charge in [0.05, 0.1) is 18.1 Å². The van der Waals surface area contributed by atoms with Crippen molar-refractivity contribution < 1.29 is 9.53 Å². The van der Waals surface area contributed by atoms with E-state index in [2.05, 4.69) is 5.32 Å². The van der Waals surface area contributed by atoms with E-state index in [0.717, 1.165) is 27.9 Å². The molecular formula is C25H23N3O3. The standard InChI is InChI=1S/C25H23N3O3/c1-27-22-14-11-19(16-23(22)28(2)25(27)30)26-24(29)21(18-7-5-4-6-8-18)15-17-9-12-20(31-3)13-10-17/h4-16H,1-3H3,(H,26,29)/b21-15+. The number of amides is 1. The van der Waals surface area contributed by atoms with Crippen LogP contribution in [0.3, 0.4) is 0 Å². The highest BCUT2D eigenvalue weighted by atomic mass is 16.5. The molecule has 1 N–H and O–H groups in total. The van der Waals surface area contributed by atoms with E-state index in [0.29, 0.717) is 11.3 Å². The Labute approximate surface area is 180 Å². The topological polar surface area (TPSA) is 65.3 Å². The van der Waals surface area contributed by atoms with Crippen molar-refractivity contribution in [1.82, 2.24) is 9.13 Å². The Morgan fingerprint density at radius 1 is 0.903 bits per heavy atom. The van der Waals surface area contributed by atoms with Crippen molar-refractivity contribution in [3.05, 3.63) is 94.4 Å². The van der Waals surface area contributed by atoms with Crippen molar-refractivity contribution in [2.45, 2.75) is 0 Å². The Bertz CT molecular complexity index is 1330. The third-order valence-electron chi connectivity index (χ3n) is 5.29. The second-order valence-electron chi connectivity index (χ2n) is 7.26. The molecule has 0 aliphatic carbocycles. The highest BCUT2D eigenvalue weighted by molar-refractivity contribution is 6.29. The fourth-order valence-corrected chi connectivity index (χ4v) is 3.55. The maximum Gasteiger partial charge on any atom is 0.328 e. The third kappa shape index (κ3) is 4.00. The van der Waals surface area contributed by atoms with Gasteiger partial charge in [-0.2, -0.15) is 0 Å². The molecule has 0 saturated carbocycles. The molecule has 1 heterocycles. The van der Waals surface area contributed by atoms with Crippen molar-refractivity contribution in [2.75, 3.05) is 12.4 Å². The van der Waals surface area contributed by atoms with Gasteiger partial charge in [0.25, 0.3) is 5.91 Å². The molecule has 0 saturated heterocycles. The zero-order chi connectivity index (χ0) is 22.0. The monoisotopic (exact) mass is 413 g/mol. The predicted octanol–water partition coefficient (Wildman–Crippen LogP) is 4.06. The number of benzene rings is 3. The minimum absolute atomic E-state index is 0.108. The quantitative estimate of drug-likeness (QED) is 0.396. The van der Waals surface area contributed by atoms with Gasteiger partial charge in [0, 0.05) is 25.4 Å². The summed E-state index contributed by atoms with van der Waals surface area (Å²) in [4.78, 5) is 25.4. The molecule has 0 spiro atoms. The number of fused-ring (bicyclic) bond motifs is 1. The van der Waals surface area contributed by atoms with E-state index in [1.54, 1.807) is 36.4 Å². The molecule has 6 heteroatoms. The highest BCUT2D eigenvalue weighted by Crippen LogP contribution is 2.23. The summed E-state index contributed by atoms with van der Waals surface area (Å²) in [6, 6.07) is 22.5. The first-order valence-corrected chi connectivity index (χ1v) is 9.86. The number of methoxy groups -OCH3 is 1. The summed E-state index contributed by atoms with van der Waals surface area (Å²) in [6.07, 6.45) is 1.85. The van der Waals surface area contributed by atoms with E-state index >= 15 is 0 Å². The number of hydrogen-bond donors (Lipinski definition) is 1. The fraction of sp³-hybridized carbons (Fsp3) is 0.120. The lowest BCUT2D eigenvalue weighted by Crippen LogP contribution is -2.19. The Morgan fingerprint density at radius 2 is 1.58 bits per heavy atom. The number of aromatic nitrogens is 2. The first-order valence-electron chi connectivity index (χ1n) is 9.86. The molecular weight excluding hydrogens is 390 g/mol. The van der Waals surface area contributed by atoms with Gasteiger partial charge in [0.2, 0.25) is 0 Å². The highest BCUT2D eigenvalue weighted by Gasteiger charge is 2.14. The first kappa shape index (κ1) is 20.2. The third-order valence-corrected chi connectivity index (χ3v) is 5.29. The number of carbonyl (C=O) groups excluding carboxylic acids is 1. The Hall–Kier alpha value is -4.06. The number of nitrogens with zero attached hydrogens (tertiary/aromatic N) is 2. The van der Waals surface area contributed by atoms with E-state index in [1.807, 2.05) is 72.8 Å². The summed E-state index contributed by atoms with van der Waals surface area (Å²) in [7, 11) is 5.07. The summed E-state index contributed by atoms with van der Waals surface area (Å²) in [5, 5.41) is 2.97. The van der Waals surface area contributed by atoms with Crippen molar-refractivity contribution in [3.63, 3.8) is 0 Å². The van der Waals surface area contributed by atoms with Crippen LogP contribution in [0.1, 0.15) is 11.1 Å². The number of nitrogens with one attached hydrogen (secondary N) is 1. The number of ether oxygens (including phenoxy) is 1. The molecule has 1 amide bonds. The summed E-state index contributed by atoms with van der Waals surface area (Å²) in [5.74, 6) is 0.520. The molecule has 156 valence electrons. The summed E-state index contributed by atoms with van der Waals surface area (Å²) >= 11 is 0. The maximum atomic E-state index is 13.3. The molecule has 4 aromatic rings. The van der Waals surface area contributed by atoms with Gasteiger partial charge < -0.3 is 10.1 Å². The van der Waals surface area contributed by atoms with Crippen molar-refractivity contribution in [1.29, 1.82) is 0 Å².